The van der Waals surface area contributed by atoms with Crippen molar-refractivity contribution in [2.75, 3.05) is 18.1 Å². The fraction of sp³-hybridized carbons (Fsp3) is 0.417. The van der Waals surface area contributed by atoms with Crippen molar-refractivity contribution in [2.24, 2.45) is 0 Å². The number of nitro benzene ring substituents is 1. The topological polar surface area (TPSA) is 92.5 Å². The van der Waals surface area contributed by atoms with Crippen LogP contribution >= 0.6 is 11.8 Å². The summed E-state index contributed by atoms with van der Waals surface area (Å²) in [5, 5.41) is 23.2. The molecule has 0 fully saturated rings. The number of nitrogens with zero attached hydrogens (tertiary/aromatic N) is 1. The summed E-state index contributed by atoms with van der Waals surface area (Å²) in [4.78, 5) is 21.1. The van der Waals surface area contributed by atoms with E-state index in [9.17, 15) is 14.9 Å². The van der Waals surface area contributed by atoms with E-state index in [0.717, 1.165) is 12.5 Å². The van der Waals surface area contributed by atoms with Gasteiger partial charge in [-0.2, -0.15) is 11.8 Å². The summed E-state index contributed by atoms with van der Waals surface area (Å²) in [6.45, 7) is 2.71. The number of non-ortho nitro benzene ring substituents is 1. The normalized spacial score (nSPS) is 11.9. The first-order chi connectivity index (χ1) is 8.95. The van der Waals surface area contributed by atoms with Crippen molar-refractivity contribution in [2.45, 2.75) is 18.6 Å². The van der Waals surface area contributed by atoms with Crippen LogP contribution in [-0.4, -0.2) is 34.0 Å². The van der Waals surface area contributed by atoms with Crippen LogP contribution in [-0.2, 0) is 0 Å². The molecule has 0 bridgehead atoms. The molecule has 0 saturated carbocycles. The van der Waals surface area contributed by atoms with Crippen LogP contribution in [0.15, 0.2) is 18.2 Å². The highest BCUT2D eigenvalue weighted by atomic mass is 32.2. The first-order valence-electron chi connectivity index (χ1n) is 5.74. The number of carboxylic acid groups (broad SMARTS) is 1. The lowest BCUT2D eigenvalue weighted by Gasteiger charge is -2.12. The van der Waals surface area contributed by atoms with Crippen molar-refractivity contribution in [3.63, 3.8) is 0 Å². The molecule has 0 saturated heterocycles. The van der Waals surface area contributed by atoms with Crippen LogP contribution in [0.5, 0.6) is 0 Å². The fourth-order valence-electron chi connectivity index (χ4n) is 1.50. The third kappa shape index (κ3) is 4.44. The lowest BCUT2D eigenvalue weighted by Crippen LogP contribution is -2.11. The van der Waals surface area contributed by atoms with Gasteiger partial charge in [0.1, 0.15) is 0 Å². The van der Waals surface area contributed by atoms with Gasteiger partial charge in [0.05, 0.1) is 10.5 Å². The first kappa shape index (κ1) is 15.3. The Balaban J connectivity index is 2.82. The maximum absolute atomic E-state index is 11.1. The summed E-state index contributed by atoms with van der Waals surface area (Å²) in [6.07, 6.45) is 2.90. The van der Waals surface area contributed by atoms with Gasteiger partial charge in [-0.1, -0.05) is 6.92 Å². The average Bonchev–Trinajstić information content (AvgIpc) is 2.38. The molecule has 7 heteroatoms. The van der Waals surface area contributed by atoms with E-state index in [1.165, 1.54) is 12.1 Å². The van der Waals surface area contributed by atoms with Crippen molar-refractivity contribution < 1.29 is 14.8 Å². The molecule has 1 rings (SSSR count). The van der Waals surface area contributed by atoms with Crippen molar-refractivity contribution in [1.82, 2.24) is 0 Å². The Hall–Kier alpha value is -1.76. The number of anilines is 1. The lowest BCUT2D eigenvalue weighted by molar-refractivity contribution is -0.384. The minimum Gasteiger partial charge on any atom is -0.478 e. The number of thioether (sulfide) groups is 1. The second-order valence-corrected chi connectivity index (χ2v) is 5.33. The van der Waals surface area contributed by atoms with Crippen LogP contribution in [0.1, 0.15) is 23.7 Å². The molecule has 2 N–H and O–H groups in total. The molecule has 0 spiro atoms. The standard InChI is InChI=1S/C12H16N2O4S/c1-8(19-2)5-6-13-11-4-3-9(14(17)18)7-10(11)12(15)16/h3-4,7-8,13H,5-6H2,1-2H3,(H,15,16). The van der Waals surface area contributed by atoms with Gasteiger partial charge in [-0.05, 0) is 18.7 Å². The third-order valence-corrected chi connectivity index (χ3v) is 3.75. The molecule has 0 radical (unpaired) electrons. The molecule has 1 aromatic carbocycles. The van der Waals surface area contributed by atoms with Gasteiger partial charge in [0.25, 0.3) is 5.69 Å². The molecule has 0 aliphatic heterocycles. The average molecular weight is 284 g/mol. The van der Waals surface area contributed by atoms with Crippen molar-refractivity contribution >= 4 is 29.1 Å². The Bertz CT molecular complexity index is 479. The Morgan fingerprint density at radius 1 is 1.58 bits per heavy atom. The van der Waals surface area contributed by atoms with Gasteiger partial charge in [-0.15, -0.1) is 0 Å². The number of benzene rings is 1. The molecular weight excluding hydrogens is 268 g/mol. The van der Waals surface area contributed by atoms with Gasteiger partial charge in [0, 0.05) is 29.6 Å². The minimum atomic E-state index is -1.18. The summed E-state index contributed by atoms with van der Waals surface area (Å²) < 4.78 is 0. The summed E-state index contributed by atoms with van der Waals surface area (Å²) in [7, 11) is 0. The molecule has 0 aliphatic carbocycles. The van der Waals surface area contributed by atoms with Gasteiger partial charge < -0.3 is 10.4 Å². The van der Waals surface area contributed by atoms with E-state index >= 15 is 0 Å². The second kappa shape index (κ2) is 6.98. The van der Waals surface area contributed by atoms with Gasteiger partial charge in [0.2, 0.25) is 0 Å². The smallest absolute Gasteiger partial charge is 0.338 e. The van der Waals surface area contributed by atoms with Crippen LogP contribution < -0.4 is 5.32 Å². The SMILES string of the molecule is CSC(C)CCNc1ccc([N+](=O)[O-])cc1C(=O)O. The Morgan fingerprint density at radius 2 is 2.26 bits per heavy atom. The molecule has 104 valence electrons. The molecule has 6 nitrogen and oxygen atoms in total. The molecule has 0 heterocycles. The van der Waals surface area contributed by atoms with Crippen LogP contribution in [0.2, 0.25) is 0 Å². The van der Waals surface area contributed by atoms with E-state index in [0.29, 0.717) is 17.5 Å². The van der Waals surface area contributed by atoms with Gasteiger partial charge in [-0.3, -0.25) is 10.1 Å². The van der Waals surface area contributed by atoms with Crippen LogP contribution in [0.3, 0.4) is 0 Å². The Morgan fingerprint density at radius 3 is 2.79 bits per heavy atom. The summed E-state index contributed by atoms with van der Waals surface area (Å²) in [5.74, 6) is -1.18. The molecule has 0 aliphatic rings. The highest BCUT2D eigenvalue weighted by molar-refractivity contribution is 7.99. The summed E-state index contributed by atoms with van der Waals surface area (Å²) in [5.41, 5.74) is 0.109. The van der Waals surface area contributed by atoms with Gasteiger partial charge in [0.15, 0.2) is 0 Å². The van der Waals surface area contributed by atoms with E-state index in [4.69, 9.17) is 5.11 Å². The highest BCUT2D eigenvalue weighted by Crippen LogP contribution is 2.22. The number of nitro groups is 1. The zero-order chi connectivity index (χ0) is 14.4. The highest BCUT2D eigenvalue weighted by Gasteiger charge is 2.15. The van der Waals surface area contributed by atoms with E-state index in [1.54, 1.807) is 11.8 Å². The van der Waals surface area contributed by atoms with E-state index in [-0.39, 0.29) is 11.3 Å². The predicted molar refractivity (Wildman–Crippen MR) is 76.1 cm³/mol. The fourth-order valence-corrected chi connectivity index (χ4v) is 1.86. The zero-order valence-corrected chi connectivity index (χ0v) is 11.6. The molecule has 1 atom stereocenters. The number of hydrogen-bond acceptors (Lipinski definition) is 5. The molecular formula is C12H16N2O4S. The minimum absolute atomic E-state index is 0.0778. The van der Waals surface area contributed by atoms with Crippen LogP contribution in [0.4, 0.5) is 11.4 Å². The van der Waals surface area contributed by atoms with Gasteiger partial charge in [-0.25, -0.2) is 4.79 Å². The predicted octanol–water partition coefficient (Wildman–Crippen LogP) is 2.85. The lowest BCUT2D eigenvalue weighted by atomic mass is 10.1. The Kier molecular flexibility index (Phi) is 5.62. The monoisotopic (exact) mass is 284 g/mol. The van der Waals surface area contributed by atoms with Crippen molar-refractivity contribution in [3.05, 3.63) is 33.9 Å². The number of rotatable bonds is 7. The van der Waals surface area contributed by atoms with Gasteiger partial charge >= 0.3 is 5.97 Å². The largest absolute Gasteiger partial charge is 0.478 e. The zero-order valence-electron chi connectivity index (χ0n) is 10.8. The molecule has 0 aromatic heterocycles. The Labute approximate surface area is 115 Å². The molecule has 1 unspecified atom stereocenters. The number of hydrogen-bond donors (Lipinski definition) is 2. The van der Waals surface area contributed by atoms with E-state index in [2.05, 4.69) is 12.2 Å². The maximum atomic E-state index is 11.1. The molecule has 1 aromatic rings. The van der Waals surface area contributed by atoms with E-state index < -0.39 is 10.9 Å². The van der Waals surface area contributed by atoms with Crippen molar-refractivity contribution in [1.29, 1.82) is 0 Å². The number of carbonyl (C=O) groups is 1. The summed E-state index contributed by atoms with van der Waals surface area (Å²) in [6, 6.07) is 3.81. The third-order valence-electron chi connectivity index (χ3n) is 2.71. The van der Waals surface area contributed by atoms with Crippen LogP contribution in [0, 0.1) is 10.1 Å². The van der Waals surface area contributed by atoms with Crippen molar-refractivity contribution in [3.8, 4) is 0 Å². The quantitative estimate of drug-likeness (QED) is 0.591. The van der Waals surface area contributed by atoms with E-state index in [1.807, 2.05) is 6.26 Å². The summed E-state index contributed by atoms with van der Waals surface area (Å²) >= 11 is 1.73. The number of carboxylic acids is 1. The number of nitrogens with one attached hydrogen (secondary N) is 1. The maximum Gasteiger partial charge on any atom is 0.338 e. The molecule has 0 amide bonds. The van der Waals surface area contributed by atoms with Crippen LogP contribution in [0.25, 0.3) is 0 Å². The number of aromatic carboxylic acids is 1. The first-order valence-corrected chi connectivity index (χ1v) is 7.03. The second-order valence-electron chi connectivity index (χ2n) is 4.05. The molecule has 19 heavy (non-hydrogen) atoms.